The lowest BCUT2D eigenvalue weighted by Crippen LogP contribution is -2.57. The van der Waals surface area contributed by atoms with Gasteiger partial charge in [-0.3, -0.25) is 4.79 Å². The fourth-order valence-corrected chi connectivity index (χ4v) is 7.36. The molecule has 0 saturated heterocycles. The van der Waals surface area contributed by atoms with Gasteiger partial charge in [0.15, 0.2) is 18.1 Å². The average Bonchev–Trinajstić information content (AvgIpc) is 2.90. The molecule has 198 valence electrons. The standard InChI is InChI=1S/C30H36O7/c1-4-35-27(31)18-36-24-8-6-23(7-9-24)29-13-21-11-22(14-29)16-30(15-21,19-29)28(32)37-17-20-5-10-25(33-2)26(12-20)34-3/h5-10,12,21-22H,4,11,13-19H2,1-3H3. The molecule has 2 atom stereocenters. The molecule has 0 radical (unpaired) electrons. The maximum absolute atomic E-state index is 13.6. The smallest absolute Gasteiger partial charge is 0.344 e. The molecular weight excluding hydrogens is 472 g/mol. The Morgan fingerprint density at radius 2 is 1.59 bits per heavy atom. The van der Waals surface area contributed by atoms with Crippen LogP contribution in [0.4, 0.5) is 0 Å². The maximum atomic E-state index is 13.6. The lowest BCUT2D eigenvalue weighted by Gasteiger charge is -2.61. The summed E-state index contributed by atoms with van der Waals surface area (Å²) < 4.78 is 27.2. The van der Waals surface area contributed by atoms with Gasteiger partial charge in [-0.2, -0.15) is 0 Å². The molecule has 37 heavy (non-hydrogen) atoms. The molecule has 0 spiro atoms. The molecule has 0 aliphatic heterocycles. The first-order valence-electron chi connectivity index (χ1n) is 13.2. The Morgan fingerprint density at radius 3 is 2.24 bits per heavy atom. The van der Waals surface area contributed by atoms with E-state index >= 15 is 0 Å². The third-order valence-electron chi connectivity index (χ3n) is 8.44. The zero-order valence-electron chi connectivity index (χ0n) is 21.9. The van der Waals surface area contributed by atoms with Crippen LogP contribution in [0.5, 0.6) is 17.2 Å². The Morgan fingerprint density at radius 1 is 0.892 bits per heavy atom. The zero-order chi connectivity index (χ0) is 26.0. The van der Waals surface area contributed by atoms with E-state index in [1.54, 1.807) is 21.1 Å². The van der Waals surface area contributed by atoms with Crippen LogP contribution in [0.1, 0.15) is 56.6 Å². The van der Waals surface area contributed by atoms with Crippen LogP contribution in [0.15, 0.2) is 42.5 Å². The molecule has 0 N–H and O–H groups in total. The van der Waals surface area contributed by atoms with Crippen LogP contribution >= 0.6 is 0 Å². The molecule has 0 aromatic heterocycles. The van der Waals surface area contributed by atoms with Gasteiger partial charge in [0.25, 0.3) is 0 Å². The van der Waals surface area contributed by atoms with Crippen molar-refractivity contribution in [1.82, 2.24) is 0 Å². The van der Waals surface area contributed by atoms with Crippen molar-refractivity contribution >= 4 is 11.9 Å². The van der Waals surface area contributed by atoms with E-state index in [9.17, 15) is 9.59 Å². The molecule has 2 aromatic carbocycles. The Labute approximate surface area is 218 Å². The summed E-state index contributed by atoms with van der Waals surface area (Å²) in [5, 5.41) is 0. The van der Waals surface area contributed by atoms with Crippen molar-refractivity contribution < 1.29 is 33.3 Å². The second kappa shape index (κ2) is 10.3. The fourth-order valence-electron chi connectivity index (χ4n) is 7.36. The summed E-state index contributed by atoms with van der Waals surface area (Å²) in [6.45, 7) is 2.23. The first kappa shape index (κ1) is 25.4. The molecule has 4 aliphatic carbocycles. The Hall–Kier alpha value is -3.22. The van der Waals surface area contributed by atoms with E-state index in [0.717, 1.165) is 37.7 Å². The summed E-state index contributed by atoms with van der Waals surface area (Å²) in [4.78, 5) is 25.2. The third-order valence-corrected chi connectivity index (χ3v) is 8.44. The third kappa shape index (κ3) is 5.00. The summed E-state index contributed by atoms with van der Waals surface area (Å²) in [6, 6.07) is 13.7. The van der Waals surface area contributed by atoms with E-state index in [0.29, 0.717) is 35.7 Å². The summed E-state index contributed by atoms with van der Waals surface area (Å²) in [7, 11) is 3.20. The highest BCUT2D eigenvalue weighted by Gasteiger charge is 2.61. The molecule has 2 aromatic rings. The van der Waals surface area contributed by atoms with E-state index in [4.69, 9.17) is 23.7 Å². The molecule has 4 bridgehead atoms. The van der Waals surface area contributed by atoms with Crippen molar-refractivity contribution in [1.29, 1.82) is 0 Å². The van der Waals surface area contributed by atoms with Crippen molar-refractivity contribution in [3.8, 4) is 17.2 Å². The minimum absolute atomic E-state index is 0.0217. The molecule has 4 aliphatic rings. The summed E-state index contributed by atoms with van der Waals surface area (Å²) in [6.07, 6.45) is 6.07. The van der Waals surface area contributed by atoms with Crippen molar-refractivity contribution in [3.05, 3.63) is 53.6 Å². The number of hydrogen-bond acceptors (Lipinski definition) is 7. The predicted octanol–water partition coefficient (Wildman–Crippen LogP) is 5.23. The Balaban J connectivity index is 1.29. The summed E-state index contributed by atoms with van der Waals surface area (Å²) in [5.41, 5.74) is 1.68. The highest BCUT2D eigenvalue weighted by molar-refractivity contribution is 5.78. The van der Waals surface area contributed by atoms with Crippen LogP contribution < -0.4 is 14.2 Å². The molecule has 4 saturated carbocycles. The topological polar surface area (TPSA) is 80.3 Å². The number of benzene rings is 2. The number of esters is 2. The minimum atomic E-state index is -0.431. The lowest BCUT2D eigenvalue weighted by atomic mass is 9.43. The molecule has 0 heterocycles. The molecule has 0 amide bonds. The second-order valence-electron chi connectivity index (χ2n) is 10.9. The lowest BCUT2D eigenvalue weighted by molar-refractivity contribution is -0.175. The monoisotopic (exact) mass is 508 g/mol. The van der Waals surface area contributed by atoms with Gasteiger partial charge >= 0.3 is 11.9 Å². The molecule has 4 fully saturated rings. The van der Waals surface area contributed by atoms with Crippen LogP contribution in [-0.4, -0.2) is 39.4 Å². The van der Waals surface area contributed by atoms with Crippen LogP contribution in [-0.2, 0) is 31.1 Å². The van der Waals surface area contributed by atoms with E-state index in [-0.39, 0.29) is 30.6 Å². The average molecular weight is 509 g/mol. The van der Waals surface area contributed by atoms with E-state index in [1.807, 2.05) is 30.3 Å². The summed E-state index contributed by atoms with van der Waals surface area (Å²) in [5.74, 6) is 2.54. The van der Waals surface area contributed by atoms with E-state index in [2.05, 4.69) is 12.1 Å². The first-order chi connectivity index (χ1) is 17.9. The first-order valence-corrected chi connectivity index (χ1v) is 13.2. The van der Waals surface area contributed by atoms with E-state index < -0.39 is 5.41 Å². The van der Waals surface area contributed by atoms with Gasteiger partial charge in [-0.05, 0) is 98.1 Å². The van der Waals surface area contributed by atoms with E-state index in [1.165, 1.54) is 12.0 Å². The zero-order valence-corrected chi connectivity index (χ0v) is 21.9. The van der Waals surface area contributed by atoms with Gasteiger partial charge in [-0.25, -0.2) is 4.79 Å². The van der Waals surface area contributed by atoms with Gasteiger partial charge in [-0.1, -0.05) is 18.2 Å². The molecule has 6 rings (SSSR count). The number of carbonyl (C=O) groups is 2. The normalized spacial score (nSPS) is 27.4. The van der Waals surface area contributed by atoms with Crippen LogP contribution in [0.2, 0.25) is 0 Å². The molecule has 7 nitrogen and oxygen atoms in total. The van der Waals surface area contributed by atoms with Gasteiger partial charge in [-0.15, -0.1) is 0 Å². The van der Waals surface area contributed by atoms with Crippen LogP contribution in [0.25, 0.3) is 0 Å². The number of methoxy groups -OCH3 is 2. The maximum Gasteiger partial charge on any atom is 0.344 e. The van der Waals surface area contributed by atoms with Gasteiger partial charge < -0.3 is 23.7 Å². The fraction of sp³-hybridized carbons (Fsp3) is 0.533. The summed E-state index contributed by atoms with van der Waals surface area (Å²) >= 11 is 0. The van der Waals surface area contributed by atoms with Crippen molar-refractivity contribution in [3.63, 3.8) is 0 Å². The van der Waals surface area contributed by atoms with Crippen molar-refractivity contribution in [2.75, 3.05) is 27.4 Å². The largest absolute Gasteiger partial charge is 0.493 e. The number of carbonyl (C=O) groups excluding carboxylic acids is 2. The quantitative estimate of drug-likeness (QED) is 0.407. The molecule has 7 heteroatoms. The van der Waals surface area contributed by atoms with Crippen molar-refractivity contribution in [2.45, 2.75) is 57.5 Å². The highest BCUT2D eigenvalue weighted by atomic mass is 16.6. The Bertz CT molecular complexity index is 1130. The van der Waals surface area contributed by atoms with Crippen molar-refractivity contribution in [2.24, 2.45) is 17.3 Å². The van der Waals surface area contributed by atoms with Gasteiger partial charge in [0.05, 0.1) is 26.2 Å². The Kier molecular flexibility index (Phi) is 7.06. The van der Waals surface area contributed by atoms with Crippen LogP contribution in [0.3, 0.4) is 0 Å². The van der Waals surface area contributed by atoms with Crippen LogP contribution in [0, 0.1) is 17.3 Å². The number of rotatable bonds is 10. The second-order valence-corrected chi connectivity index (χ2v) is 10.9. The minimum Gasteiger partial charge on any atom is -0.493 e. The molecule has 2 unspecified atom stereocenters. The van der Waals surface area contributed by atoms with Gasteiger partial charge in [0.2, 0.25) is 0 Å². The SMILES string of the molecule is CCOC(=O)COc1ccc(C23CC4CC(CC(C(=O)OCc5ccc(OC)c(OC)c5)(C4)C2)C3)cc1. The predicted molar refractivity (Wildman–Crippen MR) is 137 cm³/mol. The van der Waals surface area contributed by atoms with Gasteiger partial charge in [0, 0.05) is 0 Å². The number of hydrogen-bond donors (Lipinski definition) is 0. The highest BCUT2D eigenvalue weighted by Crippen LogP contribution is 2.66. The number of ether oxygens (including phenoxy) is 5. The van der Waals surface area contributed by atoms with Gasteiger partial charge in [0.1, 0.15) is 12.4 Å². The molecular formula is C30H36O7.